The minimum absolute atomic E-state index is 0.308. The molecule has 0 N–H and O–H groups in total. The molecule has 0 aliphatic heterocycles. The Hall–Kier alpha value is 0.150. The first-order valence-electron chi connectivity index (χ1n) is 3.23. The molecule has 0 aliphatic carbocycles. The summed E-state index contributed by atoms with van der Waals surface area (Å²) in [7, 11) is 0. The van der Waals surface area contributed by atoms with Crippen LogP contribution in [0.4, 0.5) is 0 Å². The lowest BCUT2D eigenvalue weighted by Gasteiger charge is -1.91. The Morgan fingerprint density at radius 3 is 2.62 bits per heavy atom. The highest BCUT2D eigenvalue weighted by atomic mass is 79.9. The fourth-order valence-corrected chi connectivity index (χ4v) is 3.66. The summed E-state index contributed by atoms with van der Waals surface area (Å²) in [4.78, 5) is 20.4. The first kappa shape index (κ1) is 9.70. The maximum atomic E-state index is 10.5. The van der Waals surface area contributed by atoms with Gasteiger partial charge in [0.15, 0.2) is 13.6 Å². The second kappa shape index (κ2) is 3.72. The van der Waals surface area contributed by atoms with Crippen molar-refractivity contribution in [2.24, 2.45) is 0 Å². The fourth-order valence-electron chi connectivity index (χ4n) is 0.809. The van der Waals surface area contributed by atoms with E-state index in [9.17, 15) is 4.79 Å². The summed E-state index contributed by atoms with van der Waals surface area (Å²) in [6.45, 7) is 0. The third kappa shape index (κ3) is 1.83. The molecule has 0 spiro atoms. The van der Waals surface area contributed by atoms with E-state index in [2.05, 4.69) is 41.8 Å². The van der Waals surface area contributed by atoms with Gasteiger partial charge in [0.05, 0.1) is 0 Å². The van der Waals surface area contributed by atoms with E-state index in [0.29, 0.717) is 0 Å². The van der Waals surface area contributed by atoms with Crippen molar-refractivity contribution in [1.82, 2.24) is 9.97 Å². The SMILES string of the molecule is O=C[C@H](Br)c1nc2sc(Br)nc2s1. The highest BCUT2D eigenvalue weighted by Crippen LogP contribution is 2.33. The monoisotopic (exact) mass is 340 g/mol. The van der Waals surface area contributed by atoms with Gasteiger partial charge in [0.2, 0.25) is 0 Å². The number of nitrogens with zero attached hydrogens (tertiary/aromatic N) is 2. The molecule has 0 aliphatic rings. The van der Waals surface area contributed by atoms with Crippen molar-refractivity contribution in [3.63, 3.8) is 0 Å². The number of carbonyl (C=O) groups excluding carboxylic acids is 1. The lowest BCUT2D eigenvalue weighted by atomic mass is 10.5. The quantitative estimate of drug-likeness (QED) is 0.622. The second-order valence-corrected chi connectivity index (χ2v) is 6.42. The van der Waals surface area contributed by atoms with Crippen molar-refractivity contribution in [1.29, 1.82) is 0 Å². The summed E-state index contributed by atoms with van der Waals surface area (Å²) in [6, 6.07) is 0. The number of halogens is 2. The molecular weight excluding hydrogens is 340 g/mol. The van der Waals surface area contributed by atoms with Gasteiger partial charge in [0.1, 0.15) is 16.1 Å². The molecule has 0 saturated heterocycles. The summed E-state index contributed by atoms with van der Waals surface area (Å²) in [6.07, 6.45) is 0.817. The van der Waals surface area contributed by atoms with E-state index in [-0.39, 0.29) is 4.83 Å². The second-order valence-electron chi connectivity index (χ2n) is 2.17. The lowest BCUT2D eigenvalue weighted by Crippen LogP contribution is -1.87. The number of alkyl halides is 1. The van der Waals surface area contributed by atoms with Crippen LogP contribution in [0.25, 0.3) is 9.66 Å². The molecule has 2 aromatic rings. The normalized spacial score (nSPS) is 13.4. The van der Waals surface area contributed by atoms with Crippen molar-refractivity contribution < 1.29 is 4.79 Å². The highest BCUT2D eigenvalue weighted by molar-refractivity contribution is 9.11. The van der Waals surface area contributed by atoms with Crippen LogP contribution in [0.1, 0.15) is 9.83 Å². The number of thiazole rings is 2. The average molecular weight is 342 g/mol. The standard InChI is InChI=1S/C6H2Br2N2OS2/c7-2(1-11)3-9-4-5(12-3)10-6(8)13-4/h1-2H/t2-/m0/s1. The van der Waals surface area contributed by atoms with Crippen molar-refractivity contribution in [2.75, 3.05) is 0 Å². The maximum Gasteiger partial charge on any atom is 0.162 e. The van der Waals surface area contributed by atoms with Gasteiger partial charge in [-0.2, -0.15) is 0 Å². The number of carbonyl (C=O) groups is 1. The van der Waals surface area contributed by atoms with Gasteiger partial charge in [-0.3, -0.25) is 0 Å². The van der Waals surface area contributed by atoms with E-state index in [1.54, 1.807) is 0 Å². The van der Waals surface area contributed by atoms with Gasteiger partial charge in [-0.1, -0.05) is 38.6 Å². The Balaban J connectivity index is 2.50. The zero-order valence-corrected chi connectivity index (χ0v) is 10.8. The van der Waals surface area contributed by atoms with Gasteiger partial charge in [0, 0.05) is 0 Å². The van der Waals surface area contributed by atoms with Gasteiger partial charge in [-0.25, -0.2) is 9.97 Å². The molecule has 0 radical (unpaired) electrons. The van der Waals surface area contributed by atoms with Crippen LogP contribution in [0.2, 0.25) is 0 Å². The van der Waals surface area contributed by atoms with E-state index in [0.717, 1.165) is 24.9 Å². The van der Waals surface area contributed by atoms with E-state index < -0.39 is 0 Å². The van der Waals surface area contributed by atoms with E-state index in [4.69, 9.17) is 0 Å². The highest BCUT2D eigenvalue weighted by Gasteiger charge is 2.14. The maximum absolute atomic E-state index is 10.5. The third-order valence-electron chi connectivity index (χ3n) is 1.32. The van der Waals surface area contributed by atoms with Crippen LogP contribution >= 0.6 is 54.5 Å². The van der Waals surface area contributed by atoms with Gasteiger partial charge >= 0.3 is 0 Å². The predicted octanol–water partition coefficient (Wildman–Crippen LogP) is 3.15. The molecule has 0 aromatic carbocycles. The molecule has 1 atom stereocenters. The summed E-state index contributed by atoms with van der Waals surface area (Å²) in [5, 5.41) is 0.760. The molecule has 0 amide bonds. The van der Waals surface area contributed by atoms with Crippen LogP contribution in [0.15, 0.2) is 3.92 Å². The largest absolute Gasteiger partial charge is 0.302 e. The Morgan fingerprint density at radius 1 is 1.31 bits per heavy atom. The lowest BCUT2D eigenvalue weighted by molar-refractivity contribution is -0.107. The smallest absolute Gasteiger partial charge is 0.162 e. The summed E-state index contributed by atoms with van der Waals surface area (Å²) < 4.78 is 0.824. The molecule has 3 nitrogen and oxygen atoms in total. The molecule has 0 fully saturated rings. The zero-order valence-electron chi connectivity index (χ0n) is 6.03. The molecule has 0 unspecified atom stereocenters. The number of aromatic nitrogens is 2. The van der Waals surface area contributed by atoms with Crippen LogP contribution in [-0.4, -0.2) is 16.3 Å². The van der Waals surface area contributed by atoms with Crippen LogP contribution < -0.4 is 0 Å². The van der Waals surface area contributed by atoms with E-state index in [1.807, 2.05) is 0 Å². The third-order valence-corrected chi connectivity index (χ3v) is 4.84. The van der Waals surface area contributed by atoms with Crippen LogP contribution in [-0.2, 0) is 4.79 Å². The van der Waals surface area contributed by atoms with Crippen molar-refractivity contribution >= 4 is 70.5 Å². The van der Waals surface area contributed by atoms with Gasteiger partial charge < -0.3 is 4.79 Å². The Labute approximate surface area is 98.5 Å². The molecule has 2 heterocycles. The zero-order chi connectivity index (χ0) is 9.42. The minimum atomic E-state index is -0.308. The molecule has 7 heteroatoms. The molecule has 13 heavy (non-hydrogen) atoms. The van der Waals surface area contributed by atoms with Gasteiger partial charge in [0.25, 0.3) is 0 Å². The van der Waals surface area contributed by atoms with Crippen molar-refractivity contribution in [3.05, 3.63) is 8.92 Å². The minimum Gasteiger partial charge on any atom is -0.302 e. The number of hydrogen-bond donors (Lipinski definition) is 0. The molecule has 0 bridgehead atoms. The predicted molar refractivity (Wildman–Crippen MR) is 60.7 cm³/mol. The van der Waals surface area contributed by atoms with Crippen LogP contribution in [0.5, 0.6) is 0 Å². The van der Waals surface area contributed by atoms with Crippen molar-refractivity contribution in [3.8, 4) is 0 Å². The van der Waals surface area contributed by atoms with Crippen molar-refractivity contribution in [2.45, 2.75) is 4.83 Å². The van der Waals surface area contributed by atoms with E-state index in [1.165, 1.54) is 22.7 Å². The molecule has 2 aromatic heterocycles. The van der Waals surface area contributed by atoms with E-state index >= 15 is 0 Å². The number of rotatable bonds is 2. The molecular formula is C6H2Br2N2OS2. The summed E-state index contributed by atoms with van der Waals surface area (Å²) >= 11 is 9.39. The number of fused-ring (bicyclic) bond motifs is 1. The summed E-state index contributed by atoms with van der Waals surface area (Å²) in [5.74, 6) is 0. The number of hydrogen-bond acceptors (Lipinski definition) is 5. The summed E-state index contributed by atoms with van der Waals surface area (Å²) in [5.41, 5.74) is 0. The van der Waals surface area contributed by atoms with Gasteiger partial charge in [-0.15, -0.1) is 0 Å². The number of aldehydes is 1. The molecule has 0 saturated carbocycles. The molecule has 68 valence electrons. The van der Waals surface area contributed by atoms with Gasteiger partial charge in [-0.05, 0) is 15.9 Å². The fraction of sp³-hybridized carbons (Fsp3) is 0.167. The Bertz CT molecular complexity index is 421. The Morgan fingerprint density at radius 2 is 2.00 bits per heavy atom. The van der Waals surface area contributed by atoms with Crippen LogP contribution in [0, 0.1) is 0 Å². The molecule has 2 rings (SSSR count). The first-order valence-corrected chi connectivity index (χ1v) is 6.57. The topological polar surface area (TPSA) is 42.9 Å². The average Bonchev–Trinajstić information content (AvgIpc) is 2.59. The Kier molecular flexibility index (Phi) is 2.77. The van der Waals surface area contributed by atoms with Crippen LogP contribution in [0.3, 0.4) is 0 Å². The first-order chi connectivity index (χ1) is 6.20.